The molecule has 144 valence electrons. The lowest BCUT2D eigenvalue weighted by Crippen LogP contribution is -2.55. The second-order valence-electron chi connectivity index (χ2n) is 7.65. The number of piperazine rings is 1. The molecule has 2 heterocycles. The molecule has 1 aliphatic heterocycles. The first kappa shape index (κ1) is 18.9. The molecule has 0 spiro atoms. The van der Waals surface area contributed by atoms with Crippen molar-refractivity contribution in [3.8, 4) is 17.0 Å². The Morgan fingerprint density at radius 1 is 1.11 bits per heavy atom. The maximum atomic E-state index is 12.3. The molecule has 27 heavy (non-hydrogen) atoms. The molecule has 0 aliphatic carbocycles. The van der Waals surface area contributed by atoms with Crippen molar-refractivity contribution in [3.05, 3.63) is 36.7 Å². The molecule has 0 unspecified atom stereocenters. The Labute approximate surface area is 160 Å². The van der Waals surface area contributed by atoms with Crippen LogP contribution < -0.4 is 15.0 Å². The van der Waals surface area contributed by atoms with Crippen molar-refractivity contribution in [2.45, 2.75) is 26.3 Å². The van der Waals surface area contributed by atoms with Crippen LogP contribution in [0.4, 0.5) is 10.6 Å². The molecule has 0 radical (unpaired) electrons. The smallest absolute Gasteiger partial charge is 0.317 e. The third-order valence-corrected chi connectivity index (χ3v) is 4.39. The first-order valence-electron chi connectivity index (χ1n) is 9.14. The van der Waals surface area contributed by atoms with Gasteiger partial charge in [0.25, 0.3) is 0 Å². The van der Waals surface area contributed by atoms with Crippen LogP contribution in [-0.2, 0) is 0 Å². The third kappa shape index (κ3) is 4.87. The summed E-state index contributed by atoms with van der Waals surface area (Å²) >= 11 is 0. The molecule has 2 aromatic rings. The van der Waals surface area contributed by atoms with Gasteiger partial charge in [0.15, 0.2) is 0 Å². The SMILES string of the molecule is COc1cccc(-c2cc(N3CCN(C(=O)NC(C)(C)C)CC3)ncn2)c1. The number of benzene rings is 1. The van der Waals surface area contributed by atoms with Gasteiger partial charge in [-0.05, 0) is 32.9 Å². The number of amides is 2. The number of hydrogen-bond donors (Lipinski definition) is 1. The standard InChI is InChI=1S/C20H27N5O2/c1-20(2,3)23-19(26)25-10-8-24(9-11-25)18-13-17(21-14-22-18)15-6-5-7-16(12-15)27-4/h5-7,12-14H,8-11H2,1-4H3,(H,23,26). The summed E-state index contributed by atoms with van der Waals surface area (Å²) in [6, 6.07) is 9.79. The molecule has 1 fully saturated rings. The fourth-order valence-electron chi connectivity index (χ4n) is 3.00. The first-order valence-corrected chi connectivity index (χ1v) is 9.14. The maximum absolute atomic E-state index is 12.3. The number of urea groups is 1. The Bertz CT molecular complexity index is 795. The van der Waals surface area contributed by atoms with Gasteiger partial charge >= 0.3 is 6.03 Å². The quantitative estimate of drug-likeness (QED) is 0.901. The topological polar surface area (TPSA) is 70.6 Å². The van der Waals surface area contributed by atoms with Crippen molar-refractivity contribution in [1.82, 2.24) is 20.2 Å². The zero-order chi connectivity index (χ0) is 19.4. The van der Waals surface area contributed by atoms with E-state index in [0.29, 0.717) is 13.1 Å². The summed E-state index contributed by atoms with van der Waals surface area (Å²) in [5.74, 6) is 1.67. The summed E-state index contributed by atoms with van der Waals surface area (Å²) in [6.07, 6.45) is 1.59. The molecule has 7 heteroatoms. The number of carbonyl (C=O) groups is 1. The number of ether oxygens (including phenoxy) is 1. The summed E-state index contributed by atoms with van der Waals surface area (Å²) in [5.41, 5.74) is 1.61. The third-order valence-electron chi connectivity index (χ3n) is 4.39. The van der Waals surface area contributed by atoms with Crippen LogP contribution in [-0.4, -0.2) is 59.7 Å². The number of rotatable bonds is 3. The van der Waals surface area contributed by atoms with Gasteiger partial charge in [-0.3, -0.25) is 0 Å². The van der Waals surface area contributed by atoms with E-state index in [9.17, 15) is 4.79 Å². The predicted octanol–water partition coefficient (Wildman–Crippen LogP) is 2.78. The van der Waals surface area contributed by atoms with E-state index in [1.807, 2.05) is 56.0 Å². The van der Waals surface area contributed by atoms with Crippen LogP contribution in [0.15, 0.2) is 36.7 Å². The van der Waals surface area contributed by atoms with Gasteiger partial charge in [0, 0.05) is 43.3 Å². The minimum Gasteiger partial charge on any atom is -0.497 e. The van der Waals surface area contributed by atoms with Gasteiger partial charge in [-0.2, -0.15) is 0 Å². The summed E-state index contributed by atoms with van der Waals surface area (Å²) in [6.45, 7) is 8.78. The van der Waals surface area contributed by atoms with Crippen LogP contribution in [0, 0.1) is 0 Å². The van der Waals surface area contributed by atoms with E-state index >= 15 is 0 Å². The number of nitrogens with one attached hydrogen (secondary N) is 1. The average Bonchev–Trinajstić information content (AvgIpc) is 2.67. The van der Waals surface area contributed by atoms with E-state index in [0.717, 1.165) is 35.9 Å². The molecular weight excluding hydrogens is 342 g/mol. The van der Waals surface area contributed by atoms with Crippen molar-refractivity contribution >= 4 is 11.8 Å². The minimum absolute atomic E-state index is 0.0121. The Balaban J connectivity index is 1.67. The van der Waals surface area contributed by atoms with Gasteiger partial charge in [0.1, 0.15) is 17.9 Å². The highest BCUT2D eigenvalue weighted by molar-refractivity contribution is 5.75. The van der Waals surface area contributed by atoms with Crippen molar-refractivity contribution in [1.29, 1.82) is 0 Å². The lowest BCUT2D eigenvalue weighted by molar-refractivity contribution is 0.185. The Kier molecular flexibility index (Phi) is 5.48. The van der Waals surface area contributed by atoms with Crippen molar-refractivity contribution in [2.24, 2.45) is 0 Å². The molecule has 0 saturated carbocycles. The van der Waals surface area contributed by atoms with Gasteiger partial charge in [-0.15, -0.1) is 0 Å². The highest BCUT2D eigenvalue weighted by atomic mass is 16.5. The first-order chi connectivity index (χ1) is 12.9. The molecule has 1 N–H and O–H groups in total. The summed E-state index contributed by atoms with van der Waals surface area (Å²) in [4.78, 5) is 25.2. The second kappa shape index (κ2) is 7.82. The Morgan fingerprint density at radius 3 is 2.52 bits per heavy atom. The number of carbonyl (C=O) groups excluding carboxylic acids is 1. The number of methoxy groups -OCH3 is 1. The number of hydrogen-bond acceptors (Lipinski definition) is 5. The van der Waals surface area contributed by atoms with Gasteiger partial charge in [0.2, 0.25) is 0 Å². The summed E-state index contributed by atoms with van der Waals surface area (Å²) in [5, 5.41) is 3.02. The van der Waals surface area contributed by atoms with Crippen LogP contribution in [0.25, 0.3) is 11.3 Å². The van der Waals surface area contributed by atoms with Gasteiger partial charge in [-0.25, -0.2) is 14.8 Å². The zero-order valence-corrected chi connectivity index (χ0v) is 16.4. The van der Waals surface area contributed by atoms with E-state index in [4.69, 9.17) is 4.74 Å². The average molecular weight is 369 g/mol. The zero-order valence-electron chi connectivity index (χ0n) is 16.4. The molecule has 2 amide bonds. The Hall–Kier alpha value is -2.83. The fraction of sp³-hybridized carbons (Fsp3) is 0.450. The van der Waals surface area contributed by atoms with E-state index in [1.165, 1.54) is 0 Å². The molecule has 1 aliphatic rings. The van der Waals surface area contributed by atoms with Crippen molar-refractivity contribution in [3.63, 3.8) is 0 Å². The van der Waals surface area contributed by atoms with Crippen LogP contribution in [0.3, 0.4) is 0 Å². The van der Waals surface area contributed by atoms with Crippen LogP contribution in [0.5, 0.6) is 5.75 Å². The highest BCUT2D eigenvalue weighted by Crippen LogP contribution is 2.24. The van der Waals surface area contributed by atoms with Crippen molar-refractivity contribution < 1.29 is 9.53 Å². The number of anilines is 1. The van der Waals surface area contributed by atoms with Crippen LogP contribution in [0.1, 0.15) is 20.8 Å². The van der Waals surface area contributed by atoms with Crippen molar-refractivity contribution in [2.75, 3.05) is 38.2 Å². The molecule has 1 aromatic heterocycles. The van der Waals surface area contributed by atoms with Crippen LogP contribution in [0.2, 0.25) is 0 Å². The number of nitrogens with zero attached hydrogens (tertiary/aromatic N) is 4. The summed E-state index contributed by atoms with van der Waals surface area (Å²) < 4.78 is 5.29. The lowest BCUT2D eigenvalue weighted by atomic mass is 10.1. The van der Waals surface area contributed by atoms with Gasteiger partial charge < -0.3 is 19.9 Å². The maximum Gasteiger partial charge on any atom is 0.317 e. The van der Waals surface area contributed by atoms with E-state index in [2.05, 4.69) is 20.2 Å². The van der Waals surface area contributed by atoms with Gasteiger partial charge in [0.05, 0.1) is 12.8 Å². The van der Waals surface area contributed by atoms with Gasteiger partial charge in [-0.1, -0.05) is 12.1 Å². The predicted molar refractivity (Wildman–Crippen MR) is 106 cm³/mol. The molecule has 1 aromatic carbocycles. The minimum atomic E-state index is -0.230. The number of aromatic nitrogens is 2. The molecule has 0 atom stereocenters. The molecule has 0 bridgehead atoms. The largest absolute Gasteiger partial charge is 0.497 e. The molecule has 3 rings (SSSR count). The van der Waals surface area contributed by atoms with E-state index in [-0.39, 0.29) is 11.6 Å². The second-order valence-corrected chi connectivity index (χ2v) is 7.65. The fourth-order valence-corrected chi connectivity index (χ4v) is 3.00. The Morgan fingerprint density at radius 2 is 1.85 bits per heavy atom. The van der Waals surface area contributed by atoms with E-state index < -0.39 is 0 Å². The monoisotopic (exact) mass is 369 g/mol. The normalized spacial score (nSPS) is 14.8. The summed E-state index contributed by atoms with van der Waals surface area (Å²) in [7, 11) is 1.65. The van der Waals surface area contributed by atoms with Crippen LogP contribution >= 0.6 is 0 Å². The highest BCUT2D eigenvalue weighted by Gasteiger charge is 2.24. The molecular formula is C20H27N5O2. The molecule has 1 saturated heterocycles. The van der Waals surface area contributed by atoms with E-state index in [1.54, 1.807) is 13.4 Å². The molecule has 7 nitrogen and oxygen atoms in total. The lowest BCUT2D eigenvalue weighted by Gasteiger charge is -2.36.